The molecule has 5 heteroatoms. The van der Waals surface area contributed by atoms with Crippen molar-refractivity contribution in [2.24, 2.45) is 0 Å². The van der Waals surface area contributed by atoms with Gasteiger partial charge in [-0.15, -0.1) is 11.3 Å². The van der Waals surface area contributed by atoms with Gasteiger partial charge in [0.15, 0.2) is 10.9 Å². The van der Waals surface area contributed by atoms with Crippen molar-refractivity contribution >= 4 is 28.0 Å². The standard InChI is InChI=1S/C13H18N4S/c1-8-5-9(14)11(15-6-8)17-12-16-10(7-18-12)13(2,3)4/h5-7H,14H2,1-4H3,(H,15,16,17). The molecule has 0 fully saturated rings. The zero-order valence-corrected chi connectivity index (χ0v) is 11.9. The largest absolute Gasteiger partial charge is 0.396 e. The molecule has 2 heterocycles. The minimum absolute atomic E-state index is 0.0582. The molecular formula is C13H18N4S. The Morgan fingerprint density at radius 3 is 2.61 bits per heavy atom. The van der Waals surface area contributed by atoms with Gasteiger partial charge in [-0.3, -0.25) is 0 Å². The molecule has 2 rings (SSSR count). The highest BCUT2D eigenvalue weighted by molar-refractivity contribution is 7.13. The molecule has 0 bridgehead atoms. The molecule has 0 aromatic carbocycles. The van der Waals surface area contributed by atoms with Gasteiger partial charge in [0.25, 0.3) is 0 Å². The van der Waals surface area contributed by atoms with Crippen molar-refractivity contribution in [3.63, 3.8) is 0 Å². The predicted octanol–water partition coefficient (Wildman–Crippen LogP) is 3.47. The second-order valence-electron chi connectivity index (χ2n) is 5.36. The number of nitrogens with one attached hydrogen (secondary N) is 1. The Morgan fingerprint density at radius 2 is 2.06 bits per heavy atom. The van der Waals surface area contributed by atoms with E-state index in [1.165, 1.54) is 0 Å². The Morgan fingerprint density at radius 1 is 1.33 bits per heavy atom. The Hall–Kier alpha value is -1.62. The predicted molar refractivity (Wildman–Crippen MR) is 77.5 cm³/mol. The van der Waals surface area contributed by atoms with Crippen LogP contribution in [0.15, 0.2) is 17.6 Å². The molecule has 2 aromatic heterocycles. The summed E-state index contributed by atoms with van der Waals surface area (Å²) < 4.78 is 0. The van der Waals surface area contributed by atoms with E-state index in [1.807, 2.05) is 13.0 Å². The molecule has 0 atom stereocenters. The molecule has 0 unspecified atom stereocenters. The lowest BCUT2D eigenvalue weighted by Crippen LogP contribution is -2.11. The van der Waals surface area contributed by atoms with E-state index in [4.69, 9.17) is 5.73 Å². The van der Waals surface area contributed by atoms with E-state index in [0.29, 0.717) is 11.5 Å². The van der Waals surface area contributed by atoms with Crippen LogP contribution in [0.2, 0.25) is 0 Å². The summed E-state index contributed by atoms with van der Waals surface area (Å²) in [6.45, 7) is 8.40. The fraction of sp³-hybridized carbons (Fsp3) is 0.385. The first-order chi connectivity index (χ1) is 8.36. The second-order valence-corrected chi connectivity index (χ2v) is 6.22. The maximum absolute atomic E-state index is 5.91. The number of rotatable bonds is 2. The highest BCUT2D eigenvalue weighted by Crippen LogP contribution is 2.29. The molecule has 4 nitrogen and oxygen atoms in total. The third-order valence-corrected chi connectivity index (χ3v) is 3.31. The van der Waals surface area contributed by atoms with Crippen molar-refractivity contribution < 1.29 is 0 Å². The minimum atomic E-state index is 0.0582. The van der Waals surface area contributed by atoms with Crippen LogP contribution in [-0.2, 0) is 5.41 Å². The van der Waals surface area contributed by atoms with E-state index in [0.717, 1.165) is 16.4 Å². The number of aromatic nitrogens is 2. The van der Waals surface area contributed by atoms with E-state index in [2.05, 4.69) is 41.4 Å². The van der Waals surface area contributed by atoms with Gasteiger partial charge in [-0.05, 0) is 18.6 Å². The second kappa shape index (κ2) is 4.57. The van der Waals surface area contributed by atoms with Gasteiger partial charge in [-0.1, -0.05) is 20.8 Å². The zero-order valence-electron chi connectivity index (χ0n) is 11.1. The number of pyridine rings is 1. The van der Waals surface area contributed by atoms with Gasteiger partial charge in [0.05, 0.1) is 11.4 Å². The van der Waals surface area contributed by atoms with Gasteiger partial charge in [0, 0.05) is 17.0 Å². The number of nitrogens with two attached hydrogens (primary N) is 1. The minimum Gasteiger partial charge on any atom is -0.396 e. The van der Waals surface area contributed by atoms with Crippen LogP contribution in [0.3, 0.4) is 0 Å². The van der Waals surface area contributed by atoms with Crippen molar-refractivity contribution in [1.29, 1.82) is 0 Å². The van der Waals surface area contributed by atoms with E-state index >= 15 is 0 Å². The van der Waals surface area contributed by atoms with Gasteiger partial charge in [0.1, 0.15) is 0 Å². The monoisotopic (exact) mass is 262 g/mol. The summed E-state index contributed by atoms with van der Waals surface area (Å²) in [6, 6.07) is 1.90. The number of aryl methyl sites for hydroxylation is 1. The Labute approximate surface area is 111 Å². The van der Waals surface area contributed by atoms with Crippen LogP contribution >= 0.6 is 11.3 Å². The van der Waals surface area contributed by atoms with Crippen molar-refractivity contribution in [1.82, 2.24) is 9.97 Å². The topological polar surface area (TPSA) is 63.8 Å². The van der Waals surface area contributed by atoms with Crippen LogP contribution in [0.4, 0.5) is 16.6 Å². The summed E-state index contributed by atoms with van der Waals surface area (Å²) >= 11 is 1.57. The summed E-state index contributed by atoms with van der Waals surface area (Å²) in [6.07, 6.45) is 1.79. The highest BCUT2D eigenvalue weighted by atomic mass is 32.1. The maximum Gasteiger partial charge on any atom is 0.188 e. The molecule has 3 N–H and O–H groups in total. The normalized spacial score (nSPS) is 11.6. The van der Waals surface area contributed by atoms with Gasteiger partial charge in [0.2, 0.25) is 0 Å². The Kier molecular flexibility index (Phi) is 3.26. The highest BCUT2D eigenvalue weighted by Gasteiger charge is 2.17. The summed E-state index contributed by atoms with van der Waals surface area (Å²) in [7, 11) is 0. The Balaban J connectivity index is 2.21. The third-order valence-electron chi connectivity index (χ3n) is 2.55. The summed E-state index contributed by atoms with van der Waals surface area (Å²) in [4.78, 5) is 8.83. The number of hydrogen-bond acceptors (Lipinski definition) is 5. The van der Waals surface area contributed by atoms with Crippen LogP contribution in [-0.4, -0.2) is 9.97 Å². The molecule has 0 spiro atoms. The van der Waals surface area contributed by atoms with Crippen LogP contribution in [0, 0.1) is 6.92 Å². The summed E-state index contributed by atoms with van der Waals surface area (Å²) in [5.74, 6) is 0.662. The summed E-state index contributed by atoms with van der Waals surface area (Å²) in [5.41, 5.74) is 8.73. The zero-order chi connectivity index (χ0) is 13.3. The number of nitrogens with zero attached hydrogens (tertiary/aromatic N) is 2. The third kappa shape index (κ3) is 2.79. The molecule has 18 heavy (non-hydrogen) atoms. The van der Waals surface area contributed by atoms with Gasteiger partial charge in [-0.2, -0.15) is 0 Å². The van der Waals surface area contributed by atoms with E-state index in [1.54, 1.807) is 17.5 Å². The van der Waals surface area contributed by atoms with E-state index in [9.17, 15) is 0 Å². The van der Waals surface area contributed by atoms with E-state index < -0.39 is 0 Å². The van der Waals surface area contributed by atoms with Gasteiger partial charge in [-0.25, -0.2) is 9.97 Å². The lowest BCUT2D eigenvalue weighted by atomic mass is 9.93. The maximum atomic E-state index is 5.91. The average molecular weight is 262 g/mol. The molecule has 96 valence electrons. The fourth-order valence-corrected chi connectivity index (χ4v) is 2.41. The number of thiazole rings is 1. The molecule has 0 radical (unpaired) electrons. The molecule has 0 aliphatic rings. The molecule has 0 aliphatic carbocycles. The van der Waals surface area contributed by atoms with Gasteiger partial charge >= 0.3 is 0 Å². The van der Waals surface area contributed by atoms with Crippen molar-refractivity contribution in [3.8, 4) is 0 Å². The Bertz CT molecular complexity index is 554. The quantitative estimate of drug-likeness (QED) is 0.869. The molecule has 0 amide bonds. The summed E-state index contributed by atoms with van der Waals surface area (Å²) in [5, 5.41) is 6.05. The van der Waals surface area contributed by atoms with Crippen LogP contribution in [0.25, 0.3) is 0 Å². The molecule has 0 aliphatic heterocycles. The first-order valence-corrected chi connectivity index (χ1v) is 6.69. The molecule has 2 aromatic rings. The first kappa shape index (κ1) is 12.8. The average Bonchev–Trinajstić information content (AvgIpc) is 2.70. The van der Waals surface area contributed by atoms with Gasteiger partial charge < -0.3 is 11.1 Å². The van der Waals surface area contributed by atoms with Crippen LogP contribution < -0.4 is 11.1 Å². The first-order valence-electron chi connectivity index (χ1n) is 5.81. The van der Waals surface area contributed by atoms with Crippen molar-refractivity contribution in [2.45, 2.75) is 33.1 Å². The van der Waals surface area contributed by atoms with Crippen LogP contribution in [0.1, 0.15) is 32.0 Å². The molecular weight excluding hydrogens is 244 g/mol. The smallest absolute Gasteiger partial charge is 0.188 e. The van der Waals surface area contributed by atoms with Crippen molar-refractivity contribution in [3.05, 3.63) is 28.9 Å². The van der Waals surface area contributed by atoms with E-state index in [-0.39, 0.29) is 5.41 Å². The number of anilines is 3. The van der Waals surface area contributed by atoms with Crippen molar-refractivity contribution in [2.75, 3.05) is 11.1 Å². The lowest BCUT2D eigenvalue weighted by Gasteiger charge is -2.14. The number of hydrogen-bond donors (Lipinski definition) is 2. The fourth-order valence-electron chi connectivity index (χ4n) is 1.47. The lowest BCUT2D eigenvalue weighted by molar-refractivity contribution is 0.573. The molecule has 0 saturated carbocycles. The van der Waals surface area contributed by atoms with Crippen LogP contribution in [0.5, 0.6) is 0 Å². The SMILES string of the molecule is Cc1cnc(Nc2nc(C(C)(C)C)cs2)c(N)c1. The number of nitrogen functional groups attached to an aromatic ring is 1. The molecule has 0 saturated heterocycles.